The van der Waals surface area contributed by atoms with Crippen LogP contribution in [0.15, 0.2) is 18.3 Å². The van der Waals surface area contributed by atoms with E-state index in [1.165, 1.54) is 18.4 Å². The van der Waals surface area contributed by atoms with Gasteiger partial charge in [-0.1, -0.05) is 40.2 Å². The van der Waals surface area contributed by atoms with Crippen molar-refractivity contribution >= 4 is 5.82 Å². The lowest BCUT2D eigenvalue weighted by Crippen LogP contribution is -2.17. The van der Waals surface area contributed by atoms with Crippen molar-refractivity contribution in [1.29, 1.82) is 0 Å². The molecule has 1 aromatic heterocycles. The molecule has 1 aromatic rings. The van der Waals surface area contributed by atoms with Crippen LogP contribution in [0.5, 0.6) is 0 Å². The first-order chi connectivity index (χ1) is 7.60. The molecule has 0 saturated carbocycles. The van der Waals surface area contributed by atoms with Crippen molar-refractivity contribution in [2.45, 2.75) is 52.4 Å². The van der Waals surface area contributed by atoms with Crippen LogP contribution in [0.4, 0.5) is 5.82 Å². The Kier molecular flexibility index (Phi) is 4.78. The van der Waals surface area contributed by atoms with E-state index < -0.39 is 0 Å². The van der Waals surface area contributed by atoms with E-state index in [0.717, 1.165) is 18.8 Å². The minimum absolute atomic E-state index is 0.241. The van der Waals surface area contributed by atoms with E-state index >= 15 is 0 Å². The van der Waals surface area contributed by atoms with Crippen molar-refractivity contribution in [3.63, 3.8) is 0 Å². The van der Waals surface area contributed by atoms with Crippen molar-refractivity contribution in [2.24, 2.45) is 0 Å². The topological polar surface area (TPSA) is 24.9 Å². The predicted molar refractivity (Wildman–Crippen MR) is 71.0 cm³/mol. The molecule has 1 heterocycles. The molecule has 0 aliphatic rings. The van der Waals surface area contributed by atoms with Crippen LogP contribution in [0.25, 0.3) is 0 Å². The Morgan fingerprint density at radius 2 is 1.94 bits per heavy atom. The molecule has 1 N–H and O–H groups in total. The maximum Gasteiger partial charge on any atom is 0.125 e. The van der Waals surface area contributed by atoms with E-state index in [1.807, 2.05) is 6.20 Å². The number of aromatic nitrogens is 1. The van der Waals surface area contributed by atoms with Crippen LogP contribution in [0.2, 0.25) is 0 Å². The Morgan fingerprint density at radius 3 is 2.44 bits per heavy atom. The summed E-state index contributed by atoms with van der Waals surface area (Å²) < 4.78 is 0. The number of rotatable bonds is 6. The first kappa shape index (κ1) is 13.0. The molecule has 1 rings (SSSR count). The standard InChI is InChI=1S/C14H24N2/c1-5-9-14(3,4)12-7-8-13(16-11-12)15-10-6-2/h7-8,11H,5-6,9-10H2,1-4H3,(H,15,16). The highest BCUT2D eigenvalue weighted by Gasteiger charge is 2.19. The summed E-state index contributed by atoms with van der Waals surface area (Å²) in [6.07, 6.45) is 5.55. The molecule has 0 spiro atoms. The van der Waals surface area contributed by atoms with Crippen LogP contribution in [-0.4, -0.2) is 11.5 Å². The number of anilines is 1. The molecule has 0 radical (unpaired) electrons. The van der Waals surface area contributed by atoms with Crippen molar-refractivity contribution in [2.75, 3.05) is 11.9 Å². The highest BCUT2D eigenvalue weighted by atomic mass is 15.0. The molecule has 0 unspecified atom stereocenters. The van der Waals surface area contributed by atoms with Gasteiger partial charge in [0.1, 0.15) is 5.82 Å². The lowest BCUT2D eigenvalue weighted by atomic mass is 9.82. The first-order valence-corrected chi connectivity index (χ1v) is 6.30. The van der Waals surface area contributed by atoms with Crippen molar-refractivity contribution in [1.82, 2.24) is 4.98 Å². The minimum atomic E-state index is 0.241. The molecule has 0 saturated heterocycles. The quantitative estimate of drug-likeness (QED) is 0.784. The maximum atomic E-state index is 4.45. The summed E-state index contributed by atoms with van der Waals surface area (Å²) in [7, 11) is 0. The zero-order chi connectivity index (χ0) is 12.0. The number of pyridine rings is 1. The van der Waals surface area contributed by atoms with E-state index in [0.29, 0.717) is 0 Å². The molecule has 0 aliphatic carbocycles. The zero-order valence-electron chi connectivity index (χ0n) is 11.0. The molecular weight excluding hydrogens is 196 g/mol. The molecule has 0 atom stereocenters. The summed E-state index contributed by atoms with van der Waals surface area (Å²) in [4.78, 5) is 4.45. The summed E-state index contributed by atoms with van der Waals surface area (Å²) in [5, 5.41) is 3.29. The van der Waals surface area contributed by atoms with E-state index in [-0.39, 0.29) is 5.41 Å². The summed E-state index contributed by atoms with van der Waals surface area (Å²) >= 11 is 0. The molecule has 2 nitrogen and oxygen atoms in total. The summed E-state index contributed by atoms with van der Waals surface area (Å²) in [6, 6.07) is 4.28. The van der Waals surface area contributed by atoms with Crippen LogP contribution < -0.4 is 5.32 Å². The van der Waals surface area contributed by atoms with Gasteiger partial charge in [-0.05, 0) is 29.9 Å². The monoisotopic (exact) mass is 220 g/mol. The van der Waals surface area contributed by atoms with Crippen molar-refractivity contribution < 1.29 is 0 Å². The summed E-state index contributed by atoms with van der Waals surface area (Å²) in [5.74, 6) is 0.984. The number of nitrogens with zero attached hydrogens (tertiary/aromatic N) is 1. The van der Waals surface area contributed by atoms with Crippen molar-refractivity contribution in [3.8, 4) is 0 Å². The van der Waals surface area contributed by atoms with Crippen molar-refractivity contribution in [3.05, 3.63) is 23.9 Å². The highest BCUT2D eigenvalue weighted by molar-refractivity contribution is 5.37. The lowest BCUT2D eigenvalue weighted by molar-refractivity contribution is 0.471. The minimum Gasteiger partial charge on any atom is -0.370 e. The molecule has 0 aliphatic heterocycles. The Bertz CT molecular complexity index is 301. The fourth-order valence-electron chi connectivity index (χ4n) is 1.92. The molecule has 0 fully saturated rings. The van der Waals surface area contributed by atoms with E-state index in [9.17, 15) is 0 Å². The second-order valence-electron chi connectivity index (χ2n) is 4.99. The van der Waals surface area contributed by atoms with Gasteiger partial charge in [-0.15, -0.1) is 0 Å². The molecule has 0 aromatic carbocycles. The van der Waals surface area contributed by atoms with Crippen LogP contribution in [-0.2, 0) is 5.41 Å². The second-order valence-corrected chi connectivity index (χ2v) is 4.99. The third-order valence-corrected chi connectivity index (χ3v) is 2.98. The molecule has 0 amide bonds. The third-order valence-electron chi connectivity index (χ3n) is 2.98. The van der Waals surface area contributed by atoms with Gasteiger partial charge in [-0.25, -0.2) is 4.98 Å². The van der Waals surface area contributed by atoms with Gasteiger partial charge in [-0.3, -0.25) is 0 Å². The second kappa shape index (κ2) is 5.88. The van der Waals surface area contributed by atoms with Crippen LogP contribution >= 0.6 is 0 Å². The van der Waals surface area contributed by atoms with E-state index in [1.54, 1.807) is 0 Å². The van der Waals surface area contributed by atoms with Gasteiger partial charge < -0.3 is 5.32 Å². The molecule has 16 heavy (non-hydrogen) atoms. The predicted octanol–water partition coefficient (Wildman–Crippen LogP) is 3.98. The van der Waals surface area contributed by atoms with Gasteiger partial charge >= 0.3 is 0 Å². The normalized spacial score (nSPS) is 11.5. The molecule has 0 bridgehead atoms. The van der Waals surface area contributed by atoms with Gasteiger partial charge in [0.15, 0.2) is 0 Å². The summed E-state index contributed by atoms with van der Waals surface area (Å²) in [6.45, 7) is 9.95. The van der Waals surface area contributed by atoms with Crippen LogP contribution in [0.3, 0.4) is 0 Å². The highest BCUT2D eigenvalue weighted by Crippen LogP contribution is 2.28. The van der Waals surface area contributed by atoms with E-state index in [2.05, 4.69) is 50.1 Å². The average Bonchev–Trinajstić information content (AvgIpc) is 2.27. The van der Waals surface area contributed by atoms with Gasteiger partial charge in [0, 0.05) is 12.7 Å². The largest absolute Gasteiger partial charge is 0.370 e. The first-order valence-electron chi connectivity index (χ1n) is 6.30. The summed E-state index contributed by atoms with van der Waals surface area (Å²) in [5.41, 5.74) is 1.57. The fourth-order valence-corrected chi connectivity index (χ4v) is 1.92. The van der Waals surface area contributed by atoms with Crippen LogP contribution in [0, 0.1) is 0 Å². The Hall–Kier alpha value is -1.05. The van der Waals surface area contributed by atoms with E-state index in [4.69, 9.17) is 0 Å². The van der Waals surface area contributed by atoms with Crippen LogP contribution in [0.1, 0.15) is 52.5 Å². The molecular formula is C14H24N2. The Balaban J connectivity index is 2.70. The number of nitrogens with one attached hydrogen (secondary N) is 1. The average molecular weight is 220 g/mol. The molecule has 2 heteroatoms. The fraction of sp³-hybridized carbons (Fsp3) is 0.643. The Labute approximate surface area is 99.5 Å². The molecule has 90 valence electrons. The van der Waals surface area contributed by atoms with Gasteiger partial charge in [0.05, 0.1) is 0 Å². The maximum absolute atomic E-state index is 4.45. The van der Waals surface area contributed by atoms with Gasteiger partial charge in [-0.2, -0.15) is 0 Å². The Morgan fingerprint density at radius 1 is 1.19 bits per heavy atom. The third kappa shape index (κ3) is 3.51. The zero-order valence-corrected chi connectivity index (χ0v) is 11.0. The number of hydrogen-bond donors (Lipinski definition) is 1. The van der Waals surface area contributed by atoms with Gasteiger partial charge in [0.25, 0.3) is 0 Å². The lowest BCUT2D eigenvalue weighted by Gasteiger charge is -2.24. The smallest absolute Gasteiger partial charge is 0.125 e. The van der Waals surface area contributed by atoms with Gasteiger partial charge in [0.2, 0.25) is 0 Å². The SMILES string of the molecule is CCCNc1ccc(C(C)(C)CCC)cn1. The number of hydrogen-bond acceptors (Lipinski definition) is 2.